The normalized spacial score (nSPS) is 11.2. The molecule has 0 radical (unpaired) electrons. The molecule has 3 rings (SSSR count). The van der Waals surface area contributed by atoms with E-state index in [-0.39, 0.29) is 5.91 Å². The smallest absolute Gasteiger partial charge is 0.407 e. The number of thiophene rings is 1. The van der Waals surface area contributed by atoms with Crippen LogP contribution in [0.2, 0.25) is 0 Å². The standard InChI is InChI=1S/C26H29BrN2O4S/c1-26(2,3)33-25(31)28-16-17-5-8-20(9-6-17)29-24(30)21-15-19(7-10-22(21)27)23-18(11-13-32-4)12-14-34-23/h5-10,12,14-15H,11,13,16H2,1-4H3,(H,28,31)(H,29,30). The molecule has 1 aromatic heterocycles. The number of hydrogen-bond donors (Lipinski definition) is 2. The van der Waals surface area contributed by atoms with Crippen molar-refractivity contribution in [3.05, 3.63) is 75.1 Å². The Hall–Kier alpha value is -2.68. The fourth-order valence-electron chi connectivity index (χ4n) is 3.23. The van der Waals surface area contributed by atoms with Crippen molar-refractivity contribution in [1.82, 2.24) is 5.32 Å². The molecule has 2 N–H and O–H groups in total. The molecule has 0 unspecified atom stereocenters. The Labute approximate surface area is 212 Å². The van der Waals surface area contributed by atoms with Crippen LogP contribution >= 0.6 is 27.3 Å². The molecule has 34 heavy (non-hydrogen) atoms. The first kappa shape index (κ1) is 25.9. The van der Waals surface area contributed by atoms with Crippen molar-refractivity contribution in [3.8, 4) is 10.4 Å². The van der Waals surface area contributed by atoms with Crippen molar-refractivity contribution in [1.29, 1.82) is 0 Å². The topological polar surface area (TPSA) is 76.7 Å². The fraction of sp³-hybridized carbons (Fsp3) is 0.308. The summed E-state index contributed by atoms with van der Waals surface area (Å²) in [6, 6.07) is 15.2. The van der Waals surface area contributed by atoms with Gasteiger partial charge in [0.05, 0.1) is 12.2 Å². The molecule has 0 aliphatic rings. The lowest BCUT2D eigenvalue weighted by Gasteiger charge is -2.19. The Balaban J connectivity index is 1.66. The molecule has 3 aromatic rings. The molecule has 0 aliphatic carbocycles. The van der Waals surface area contributed by atoms with Crippen LogP contribution in [0, 0.1) is 0 Å². The van der Waals surface area contributed by atoms with Crippen LogP contribution < -0.4 is 10.6 Å². The first-order valence-electron chi connectivity index (χ1n) is 10.9. The number of amides is 2. The molecular formula is C26H29BrN2O4S. The van der Waals surface area contributed by atoms with Gasteiger partial charge in [0.15, 0.2) is 0 Å². The zero-order chi connectivity index (χ0) is 24.7. The van der Waals surface area contributed by atoms with E-state index in [1.807, 2.05) is 63.2 Å². The molecule has 0 saturated carbocycles. The van der Waals surface area contributed by atoms with Crippen LogP contribution in [0.15, 0.2) is 58.4 Å². The van der Waals surface area contributed by atoms with Gasteiger partial charge >= 0.3 is 6.09 Å². The van der Waals surface area contributed by atoms with Crippen molar-refractivity contribution in [2.24, 2.45) is 0 Å². The number of rotatable bonds is 8. The lowest BCUT2D eigenvalue weighted by atomic mass is 10.0. The maximum absolute atomic E-state index is 13.0. The van der Waals surface area contributed by atoms with E-state index in [1.165, 1.54) is 5.56 Å². The van der Waals surface area contributed by atoms with Gasteiger partial charge < -0.3 is 20.1 Å². The zero-order valence-electron chi connectivity index (χ0n) is 19.7. The van der Waals surface area contributed by atoms with Crippen LogP contribution in [0.3, 0.4) is 0 Å². The third-order valence-corrected chi connectivity index (χ3v) is 6.54. The first-order chi connectivity index (χ1) is 16.2. The van der Waals surface area contributed by atoms with Crippen LogP contribution in [0.4, 0.5) is 10.5 Å². The molecule has 8 heteroatoms. The van der Waals surface area contributed by atoms with E-state index in [9.17, 15) is 9.59 Å². The van der Waals surface area contributed by atoms with Gasteiger partial charge in [0.2, 0.25) is 0 Å². The minimum Gasteiger partial charge on any atom is -0.444 e. The van der Waals surface area contributed by atoms with Gasteiger partial charge in [0.1, 0.15) is 5.60 Å². The van der Waals surface area contributed by atoms with E-state index in [1.54, 1.807) is 18.4 Å². The van der Waals surface area contributed by atoms with Crippen LogP contribution in [0.5, 0.6) is 0 Å². The van der Waals surface area contributed by atoms with E-state index in [4.69, 9.17) is 9.47 Å². The Morgan fingerprint density at radius 3 is 2.47 bits per heavy atom. The second-order valence-electron chi connectivity index (χ2n) is 8.72. The maximum Gasteiger partial charge on any atom is 0.407 e. The summed E-state index contributed by atoms with van der Waals surface area (Å²) in [5, 5.41) is 7.73. The minimum absolute atomic E-state index is 0.205. The predicted octanol–water partition coefficient (Wildman–Crippen LogP) is 6.64. The van der Waals surface area contributed by atoms with Gasteiger partial charge in [-0.25, -0.2) is 4.79 Å². The zero-order valence-corrected chi connectivity index (χ0v) is 22.1. The number of methoxy groups -OCH3 is 1. The first-order valence-corrected chi connectivity index (χ1v) is 12.6. The molecular weight excluding hydrogens is 516 g/mol. The maximum atomic E-state index is 13.0. The largest absolute Gasteiger partial charge is 0.444 e. The number of carbonyl (C=O) groups is 2. The summed E-state index contributed by atoms with van der Waals surface area (Å²) in [4.78, 5) is 26.0. The van der Waals surface area contributed by atoms with E-state index < -0.39 is 11.7 Å². The van der Waals surface area contributed by atoms with Gasteiger partial charge in [0, 0.05) is 28.7 Å². The van der Waals surface area contributed by atoms with Crippen molar-refractivity contribution in [2.75, 3.05) is 19.0 Å². The summed E-state index contributed by atoms with van der Waals surface area (Å²) in [5.74, 6) is -0.205. The number of anilines is 1. The Morgan fingerprint density at radius 2 is 1.79 bits per heavy atom. The SMILES string of the molecule is COCCc1ccsc1-c1ccc(Br)c(C(=O)Nc2ccc(CNC(=O)OC(C)(C)C)cc2)c1. The molecule has 0 saturated heterocycles. The monoisotopic (exact) mass is 544 g/mol. The molecule has 2 aromatic carbocycles. The number of halogens is 1. The lowest BCUT2D eigenvalue weighted by molar-refractivity contribution is 0.0523. The summed E-state index contributed by atoms with van der Waals surface area (Å²) in [6.45, 7) is 6.44. The van der Waals surface area contributed by atoms with Gasteiger partial charge in [-0.3, -0.25) is 4.79 Å². The van der Waals surface area contributed by atoms with Crippen molar-refractivity contribution >= 4 is 45.0 Å². The van der Waals surface area contributed by atoms with Crippen molar-refractivity contribution in [3.63, 3.8) is 0 Å². The molecule has 2 amide bonds. The molecule has 0 aliphatic heterocycles. The number of benzene rings is 2. The molecule has 0 atom stereocenters. The highest BCUT2D eigenvalue weighted by molar-refractivity contribution is 9.10. The van der Waals surface area contributed by atoms with Crippen molar-refractivity contribution < 1.29 is 19.1 Å². The van der Waals surface area contributed by atoms with Crippen LogP contribution in [-0.4, -0.2) is 31.3 Å². The second kappa shape index (κ2) is 11.6. The fourth-order valence-corrected chi connectivity index (χ4v) is 4.61. The van der Waals surface area contributed by atoms with E-state index in [0.29, 0.717) is 24.4 Å². The van der Waals surface area contributed by atoms with E-state index in [0.717, 1.165) is 26.9 Å². The van der Waals surface area contributed by atoms with E-state index >= 15 is 0 Å². The molecule has 0 spiro atoms. The summed E-state index contributed by atoms with van der Waals surface area (Å²) in [7, 11) is 1.69. The molecule has 0 bridgehead atoms. The molecule has 6 nitrogen and oxygen atoms in total. The lowest BCUT2D eigenvalue weighted by Crippen LogP contribution is -2.32. The van der Waals surface area contributed by atoms with Gasteiger partial charge in [-0.1, -0.05) is 18.2 Å². The average Bonchev–Trinajstić information content (AvgIpc) is 3.25. The third kappa shape index (κ3) is 7.41. The van der Waals surface area contributed by atoms with Crippen LogP contribution in [-0.2, 0) is 22.4 Å². The Bertz CT molecular complexity index is 1140. The quantitative estimate of drug-likeness (QED) is 0.333. The van der Waals surface area contributed by atoms with Gasteiger partial charge in [0.25, 0.3) is 5.91 Å². The Kier molecular flexibility index (Phi) is 8.88. The van der Waals surface area contributed by atoms with E-state index in [2.05, 4.69) is 38.0 Å². The summed E-state index contributed by atoms with van der Waals surface area (Å²) >= 11 is 5.16. The highest BCUT2D eigenvalue weighted by Crippen LogP contribution is 2.33. The van der Waals surface area contributed by atoms with Crippen LogP contribution in [0.1, 0.15) is 42.3 Å². The number of carbonyl (C=O) groups excluding carboxylic acids is 2. The molecule has 1 heterocycles. The van der Waals surface area contributed by atoms with Gasteiger partial charge in [-0.15, -0.1) is 11.3 Å². The number of hydrogen-bond acceptors (Lipinski definition) is 5. The number of alkyl carbamates (subject to hydrolysis) is 1. The van der Waals surface area contributed by atoms with Gasteiger partial charge in [-0.2, -0.15) is 0 Å². The molecule has 0 fully saturated rings. The average molecular weight is 545 g/mol. The molecule has 180 valence electrons. The third-order valence-electron chi connectivity index (χ3n) is 4.84. The highest BCUT2D eigenvalue weighted by atomic mass is 79.9. The summed E-state index contributed by atoms with van der Waals surface area (Å²) in [5.41, 5.74) is 3.78. The number of ether oxygens (including phenoxy) is 2. The second-order valence-corrected chi connectivity index (χ2v) is 10.5. The van der Waals surface area contributed by atoms with Crippen molar-refractivity contribution in [2.45, 2.75) is 39.3 Å². The predicted molar refractivity (Wildman–Crippen MR) is 141 cm³/mol. The van der Waals surface area contributed by atoms with Crippen LogP contribution in [0.25, 0.3) is 10.4 Å². The van der Waals surface area contributed by atoms with Gasteiger partial charge in [-0.05, 0) is 95.5 Å². The Morgan fingerprint density at radius 1 is 1.06 bits per heavy atom. The highest BCUT2D eigenvalue weighted by Gasteiger charge is 2.16. The minimum atomic E-state index is -0.543. The summed E-state index contributed by atoms with van der Waals surface area (Å²) < 4.78 is 11.2. The summed E-state index contributed by atoms with van der Waals surface area (Å²) in [6.07, 6.45) is 0.355. The number of nitrogens with one attached hydrogen (secondary N) is 2.